The Morgan fingerprint density at radius 2 is 1.69 bits per heavy atom. The van der Waals surface area contributed by atoms with Crippen LogP contribution in [0.5, 0.6) is 0 Å². The minimum atomic E-state index is -0.172. The lowest BCUT2D eigenvalue weighted by Gasteiger charge is -2.29. The molecule has 1 aromatic heterocycles. The molecule has 9 heteroatoms. The van der Waals surface area contributed by atoms with Crippen molar-refractivity contribution in [3.63, 3.8) is 0 Å². The molecular formula is C20H31N5O4. The number of morpholine rings is 2. The predicted molar refractivity (Wildman–Crippen MR) is 107 cm³/mol. The lowest BCUT2D eigenvalue weighted by Crippen LogP contribution is -2.43. The lowest BCUT2D eigenvalue weighted by atomic mass is 10.2. The van der Waals surface area contributed by atoms with E-state index in [0.717, 1.165) is 45.0 Å². The van der Waals surface area contributed by atoms with Crippen molar-refractivity contribution in [1.82, 2.24) is 24.7 Å². The van der Waals surface area contributed by atoms with Crippen molar-refractivity contribution in [3.8, 4) is 0 Å². The first-order valence-corrected chi connectivity index (χ1v) is 10.4. The normalized spacial score (nSPS) is 17.9. The minimum Gasteiger partial charge on any atom is -0.379 e. The fraction of sp³-hybridized carbons (Fsp3) is 0.700. The summed E-state index contributed by atoms with van der Waals surface area (Å²) in [4.78, 5) is 39.8. The molecule has 0 unspecified atom stereocenters. The fourth-order valence-electron chi connectivity index (χ4n) is 3.49. The highest BCUT2D eigenvalue weighted by Gasteiger charge is 2.22. The van der Waals surface area contributed by atoms with Crippen molar-refractivity contribution in [2.24, 2.45) is 0 Å². The van der Waals surface area contributed by atoms with Gasteiger partial charge in [-0.25, -0.2) is 4.98 Å². The molecule has 0 saturated carbocycles. The smallest absolute Gasteiger partial charge is 0.274 e. The quantitative estimate of drug-likeness (QED) is 0.610. The second-order valence-corrected chi connectivity index (χ2v) is 7.39. The van der Waals surface area contributed by atoms with Crippen LogP contribution in [-0.2, 0) is 14.3 Å². The van der Waals surface area contributed by atoms with E-state index in [4.69, 9.17) is 9.47 Å². The molecule has 2 aliphatic heterocycles. The third-order valence-corrected chi connectivity index (χ3v) is 5.25. The molecule has 3 rings (SSSR count). The average Bonchev–Trinajstić information content (AvgIpc) is 2.77. The second kappa shape index (κ2) is 11.2. The molecule has 2 amide bonds. The van der Waals surface area contributed by atoms with Gasteiger partial charge < -0.3 is 19.3 Å². The summed E-state index contributed by atoms with van der Waals surface area (Å²) in [7, 11) is 0. The minimum absolute atomic E-state index is 0.0641. The van der Waals surface area contributed by atoms with Crippen molar-refractivity contribution < 1.29 is 19.1 Å². The third kappa shape index (κ3) is 6.73. The van der Waals surface area contributed by atoms with E-state index < -0.39 is 0 Å². The van der Waals surface area contributed by atoms with Gasteiger partial charge in [-0.2, -0.15) is 0 Å². The van der Waals surface area contributed by atoms with Gasteiger partial charge in [0.2, 0.25) is 5.91 Å². The van der Waals surface area contributed by atoms with Crippen LogP contribution in [0.15, 0.2) is 12.4 Å². The van der Waals surface area contributed by atoms with Gasteiger partial charge in [0.25, 0.3) is 5.91 Å². The Morgan fingerprint density at radius 3 is 2.34 bits per heavy atom. The summed E-state index contributed by atoms with van der Waals surface area (Å²) in [6, 6.07) is 0. The van der Waals surface area contributed by atoms with E-state index in [2.05, 4.69) is 14.9 Å². The number of hydrogen-bond donors (Lipinski definition) is 0. The van der Waals surface area contributed by atoms with E-state index in [-0.39, 0.29) is 11.8 Å². The Kier molecular flexibility index (Phi) is 8.33. The molecule has 2 aliphatic rings. The zero-order valence-electron chi connectivity index (χ0n) is 17.2. The summed E-state index contributed by atoms with van der Waals surface area (Å²) in [5, 5.41) is 0. The summed E-state index contributed by atoms with van der Waals surface area (Å²) in [5.74, 6) is -0.108. The Bertz CT molecular complexity index is 657. The van der Waals surface area contributed by atoms with E-state index in [9.17, 15) is 9.59 Å². The molecular weight excluding hydrogens is 374 g/mol. The molecule has 29 heavy (non-hydrogen) atoms. The SMILES string of the molecule is Cc1cnc(C(=O)N(CCCN2CCOCC2)CCC(=O)N2CCOCC2)cn1. The van der Waals surface area contributed by atoms with Crippen LogP contribution in [0.4, 0.5) is 0 Å². The first kappa shape index (κ1) is 21.6. The van der Waals surface area contributed by atoms with Crippen molar-refractivity contribution in [2.75, 3.05) is 72.2 Å². The maximum Gasteiger partial charge on any atom is 0.274 e. The second-order valence-electron chi connectivity index (χ2n) is 7.39. The molecule has 160 valence electrons. The van der Waals surface area contributed by atoms with Crippen LogP contribution in [0, 0.1) is 6.92 Å². The van der Waals surface area contributed by atoms with Crippen molar-refractivity contribution in [1.29, 1.82) is 0 Å². The van der Waals surface area contributed by atoms with Gasteiger partial charge in [0.1, 0.15) is 5.69 Å². The van der Waals surface area contributed by atoms with Gasteiger partial charge in [-0.1, -0.05) is 0 Å². The van der Waals surface area contributed by atoms with Crippen molar-refractivity contribution in [2.45, 2.75) is 19.8 Å². The number of hydrogen-bond acceptors (Lipinski definition) is 7. The highest BCUT2D eigenvalue weighted by molar-refractivity contribution is 5.92. The predicted octanol–water partition coefficient (Wildman–Crippen LogP) is 0.198. The van der Waals surface area contributed by atoms with E-state index >= 15 is 0 Å². The molecule has 0 aliphatic carbocycles. The van der Waals surface area contributed by atoms with Crippen LogP contribution in [0.25, 0.3) is 0 Å². The molecule has 2 saturated heterocycles. The van der Waals surface area contributed by atoms with Gasteiger partial charge >= 0.3 is 0 Å². The number of ether oxygens (including phenoxy) is 2. The highest BCUT2D eigenvalue weighted by Crippen LogP contribution is 2.08. The van der Waals surface area contributed by atoms with E-state index in [1.165, 1.54) is 6.20 Å². The van der Waals surface area contributed by atoms with Gasteiger partial charge in [0, 0.05) is 58.4 Å². The Hall–Kier alpha value is -2.10. The fourth-order valence-corrected chi connectivity index (χ4v) is 3.49. The highest BCUT2D eigenvalue weighted by atomic mass is 16.5. The summed E-state index contributed by atoms with van der Waals surface area (Å²) in [5.41, 5.74) is 1.09. The first-order chi connectivity index (χ1) is 14.1. The molecule has 0 aromatic carbocycles. The molecule has 3 heterocycles. The van der Waals surface area contributed by atoms with E-state index in [0.29, 0.717) is 51.5 Å². The van der Waals surface area contributed by atoms with Gasteiger partial charge in [0.05, 0.1) is 38.3 Å². The largest absolute Gasteiger partial charge is 0.379 e. The molecule has 0 radical (unpaired) electrons. The summed E-state index contributed by atoms with van der Waals surface area (Å²) < 4.78 is 10.7. The number of carbonyl (C=O) groups excluding carboxylic acids is 2. The first-order valence-electron chi connectivity index (χ1n) is 10.4. The third-order valence-electron chi connectivity index (χ3n) is 5.25. The van der Waals surface area contributed by atoms with Crippen molar-refractivity contribution in [3.05, 3.63) is 23.8 Å². The summed E-state index contributed by atoms with van der Waals surface area (Å²) in [6.07, 6.45) is 4.26. The molecule has 2 fully saturated rings. The van der Waals surface area contributed by atoms with Crippen LogP contribution in [0.2, 0.25) is 0 Å². The maximum atomic E-state index is 13.0. The van der Waals surface area contributed by atoms with Crippen molar-refractivity contribution >= 4 is 11.8 Å². The molecule has 0 atom stereocenters. The summed E-state index contributed by atoms with van der Waals surface area (Å²) >= 11 is 0. The van der Waals surface area contributed by atoms with Crippen LogP contribution in [-0.4, -0.2) is 109 Å². The zero-order valence-corrected chi connectivity index (χ0v) is 17.2. The number of rotatable bonds is 8. The van der Waals surface area contributed by atoms with Crippen LogP contribution < -0.4 is 0 Å². The molecule has 1 aromatic rings. The number of carbonyl (C=O) groups is 2. The number of amides is 2. The van der Waals surface area contributed by atoms with Gasteiger partial charge in [-0.05, 0) is 13.3 Å². The number of aryl methyl sites for hydroxylation is 1. The van der Waals surface area contributed by atoms with E-state index in [1.54, 1.807) is 11.1 Å². The van der Waals surface area contributed by atoms with E-state index in [1.807, 2.05) is 11.8 Å². The average molecular weight is 405 g/mol. The summed E-state index contributed by atoms with van der Waals surface area (Å²) in [6.45, 7) is 9.47. The van der Waals surface area contributed by atoms with Gasteiger partial charge in [-0.15, -0.1) is 0 Å². The Balaban J connectivity index is 1.56. The Morgan fingerprint density at radius 1 is 1.00 bits per heavy atom. The number of nitrogens with zero attached hydrogens (tertiary/aromatic N) is 5. The molecule has 0 bridgehead atoms. The zero-order chi connectivity index (χ0) is 20.5. The van der Waals surface area contributed by atoms with Crippen LogP contribution >= 0.6 is 0 Å². The van der Waals surface area contributed by atoms with Gasteiger partial charge in [0.15, 0.2) is 0 Å². The topological polar surface area (TPSA) is 88.1 Å². The molecule has 9 nitrogen and oxygen atoms in total. The Labute approximate surface area is 172 Å². The monoisotopic (exact) mass is 405 g/mol. The lowest BCUT2D eigenvalue weighted by molar-refractivity contribution is -0.135. The maximum absolute atomic E-state index is 13.0. The molecule has 0 N–H and O–H groups in total. The van der Waals surface area contributed by atoms with Crippen LogP contribution in [0.1, 0.15) is 29.0 Å². The van der Waals surface area contributed by atoms with Gasteiger partial charge in [-0.3, -0.25) is 19.5 Å². The number of aromatic nitrogens is 2. The standard InChI is InChI=1S/C20H31N5O4/c1-17-15-22-18(16-21-17)20(27)25(5-2-4-23-7-11-28-12-8-23)6-3-19(26)24-9-13-29-14-10-24/h15-16H,2-14H2,1H3. The van der Waals surface area contributed by atoms with Crippen LogP contribution in [0.3, 0.4) is 0 Å². The molecule has 0 spiro atoms.